The molecule has 1 N–H and O–H groups in total. The Balaban J connectivity index is 2.05. The first kappa shape index (κ1) is 28.8. The minimum Gasteiger partial charge on any atom is -0.350 e. The number of benzene rings is 3. The molecule has 202 valence electrons. The van der Waals surface area contributed by atoms with Gasteiger partial charge in [0.2, 0.25) is 11.8 Å². The van der Waals surface area contributed by atoms with Gasteiger partial charge in [-0.05, 0) is 58.0 Å². The van der Waals surface area contributed by atoms with Gasteiger partial charge in [0.05, 0.1) is 10.6 Å². The fourth-order valence-corrected chi connectivity index (χ4v) is 5.20. The zero-order valence-electron chi connectivity index (χ0n) is 21.7. The molecule has 3 rings (SSSR count). The Morgan fingerprint density at radius 2 is 1.42 bits per heavy atom. The van der Waals surface area contributed by atoms with Crippen LogP contribution >= 0.6 is 0 Å². The third-order valence-corrected chi connectivity index (χ3v) is 7.47. The molecule has 0 aliphatic heterocycles. The van der Waals surface area contributed by atoms with Crippen LogP contribution in [0, 0.1) is 11.6 Å². The van der Waals surface area contributed by atoms with E-state index >= 15 is 0 Å². The second-order valence-electron chi connectivity index (χ2n) is 9.80. The highest BCUT2D eigenvalue weighted by molar-refractivity contribution is 7.92. The van der Waals surface area contributed by atoms with Crippen molar-refractivity contribution in [3.63, 3.8) is 0 Å². The van der Waals surface area contributed by atoms with Gasteiger partial charge in [0, 0.05) is 17.6 Å². The van der Waals surface area contributed by atoms with Crippen molar-refractivity contribution >= 4 is 27.5 Å². The van der Waals surface area contributed by atoms with Gasteiger partial charge in [0.15, 0.2) is 0 Å². The molecule has 1 atom stereocenters. The fraction of sp³-hybridized carbons (Fsp3) is 0.286. The Morgan fingerprint density at radius 1 is 0.868 bits per heavy atom. The molecular formula is C28H31F2N3O4S. The zero-order chi connectivity index (χ0) is 28.1. The monoisotopic (exact) mass is 543 g/mol. The lowest BCUT2D eigenvalue weighted by Gasteiger charge is -2.33. The van der Waals surface area contributed by atoms with Crippen LogP contribution in [0.1, 0.15) is 33.3 Å². The van der Waals surface area contributed by atoms with Crippen LogP contribution in [0.4, 0.5) is 14.5 Å². The summed E-state index contributed by atoms with van der Waals surface area (Å²) in [6, 6.07) is 17.2. The number of rotatable bonds is 9. The van der Waals surface area contributed by atoms with Crippen molar-refractivity contribution < 1.29 is 26.8 Å². The summed E-state index contributed by atoms with van der Waals surface area (Å²) in [6.45, 7) is 5.66. The minimum absolute atomic E-state index is 0.139. The molecule has 0 fully saturated rings. The second-order valence-corrected chi connectivity index (χ2v) is 11.7. The number of halogens is 2. The van der Waals surface area contributed by atoms with E-state index in [1.54, 1.807) is 32.9 Å². The number of nitrogens with zero attached hydrogens (tertiary/aromatic N) is 2. The summed E-state index contributed by atoms with van der Waals surface area (Å²) in [7, 11) is -4.39. The highest BCUT2D eigenvalue weighted by Gasteiger charge is 2.34. The maximum Gasteiger partial charge on any atom is 0.264 e. The first-order valence-corrected chi connectivity index (χ1v) is 13.4. The zero-order valence-corrected chi connectivity index (χ0v) is 22.5. The largest absolute Gasteiger partial charge is 0.350 e. The molecule has 0 unspecified atom stereocenters. The van der Waals surface area contributed by atoms with E-state index in [2.05, 4.69) is 5.32 Å². The lowest BCUT2D eigenvalue weighted by atomic mass is 10.1. The van der Waals surface area contributed by atoms with Crippen molar-refractivity contribution in [2.24, 2.45) is 0 Å². The van der Waals surface area contributed by atoms with Crippen molar-refractivity contribution in [1.29, 1.82) is 0 Å². The molecule has 7 nitrogen and oxygen atoms in total. The predicted octanol–water partition coefficient (Wildman–Crippen LogP) is 4.49. The van der Waals surface area contributed by atoms with Gasteiger partial charge in [-0.1, -0.05) is 48.5 Å². The SMILES string of the molecule is C[C@H](C(=O)NC(C)(C)C)N(Cc1ccccc1F)C(=O)CN(c1ccccc1F)S(=O)(=O)c1ccccc1. The van der Waals surface area contributed by atoms with Crippen molar-refractivity contribution in [3.8, 4) is 0 Å². The van der Waals surface area contributed by atoms with Gasteiger partial charge in [0.25, 0.3) is 10.0 Å². The number of carbonyl (C=O) groups is 2. The van der Waals surface area contributed by atoms with Gasteiger partial charge in [0.1, 0.15) is 24.2 Å². The van der Waals surface area contributed by atoms with E-state index < -0.39 is 51.6 Å². The molecule has 0 aliphatic rings. The molecule has 10 heteroatoms. The van der Waals surface area contributed by atoms with Crippen LogP contribution in [0.15, 0.2) is 83.8 Å². The van der Waals surface area contributed by atoms with Crippen LogP contribution in [0.3, 0.4) is 0 Å². The van der Waals surface area contributed by atoms with Gasteiger partial charge in [-0.3, -0.25) is 13.9 Å². The lowest BCUT2D eigenvalue weighted by molar-refractivity contribution is -0.140. The van der Waals surface area contributed by atoms with E-state index in [9.17, 15) is 26.8 Å². The first-order valence-electron chi connectivity index (χ1n) is 12.0. The highest BCUT2D eigenvalue weighted by Crippen LogP contribution is 2.27. The molecule has 0 aliphatic carbocycles. The van der Waals surface area contributed by atoms with Gasteiger partial charge < -0.3 is 10.2 Å². The van der Waals surface area contributed by atoms with E-state index in [-0.39, 0.29) is 22.7 Å². The Bertz CT molecular complexity index is 1390. The summed E-state index contributed by atoms with van der Waals surface area (Å²) in [5.74, 6) is -2.76. The van der Waals surface area contributed by atoms with Gasteiger partial charge in [-0.2, -0.15) is 0 Å². The van der Waals surface area contributed by atoms with E-state index in [0.717, 1.165) is 11.0 Å². The summed E-state index contributed by atoms with van der Waals surface area (Å²) >= 11 is 0. The topological polar surface area (TPSA) is 86.8 Å². The normalized spacial score (nSPS) is 12.5. The number of amides is 2. The summed E-state index contributed by atoms with van der Waals surface area (Å²) in [6.07, 6.45) is 0. The predicted molar refractivity (Wildman–Crippen MR) is 142 cm³/mol. The van der Waals surface area contributed by atoms with Crippen LogP contribution in [0.5, 0.6) is 0 Å². The second kappa shape index (κ2) is 11.7. The Hall–Kier alpha value is -3.79. The molecule has 3 aromatic rings. The van der Waals surface area contributed by atoms with Crippen molar-refractivity contribution in [1.82, 2.24) is 10.2 Å². The molecule has 0 heterocycles. The van der Waals surface area contributed by atoms with E-state index in [4.69, 9.17) is 0 Å². The molecule has 38 heavy (non-hydrogen) atoms. The number of sulfonamides is 1. The molecule has 0 saturated carbocycles. The third kappa shape index (κ3) is 6.95. The Kier molecular flexibility index (Phi) is 8.88. The molecular weight excluding hydrogens is 512 g/mol. The molecule has 0 spiro atoms. The quantitative estimate of drug-likeness (QED) is 0.431. The van der Waals surface area contributed by atoms with Crippen molar-refractivity contribution in [3.05, 3.63) is 96.1 Å². The molecule has 2 amide bonds. The number of hydrogen-bond donors (Lipinski definition) is 1. The lowest BCUT2D eigenvalue weighted by Crippen LogP contribution is -2.54. The standard InChI is InChI=1S/C28H31F2N3O4S/c1-20(27(35)31-28(2,3)4)32(18-21-12-8-9-15-23(21)29)26(34)19-33(25-17-11-10-16-24(25)30)38(36,37)22-13-6-5-7-14-22/h5-17,20H,18-19H2,1-4H3,(H,31,35)/t20-/m1/s1. The van der Waals surface area contributed by atoms with Crippen molar-refractivity contribution in [2.45, 2.75) is 50.7 Å². The molecule has 0 radical (unpaired) electrons. The molecule has 3 aromatic carbocycles. The van der Waals surface area contributed by atoms with Gasteiger partial charge >= 0.3 is 0 Å². The van der Waals surface area contributed by atoms with Gasteiger partial charge in [-0.15, -0.1) is 0 Å². The number of nitrogens with one attached hydrogen (secondary N) is 1. The highest BCUT2D eigenvalue weighted by atomic mass is 32.2. The Morgan fingerprint density at radius 3 is 2.00 bits per heavy atom. The minimum atomic E-state index is -4.39. The molecule has 0 aromatic heterocycles. The van der Waals surface area contributed by atoms with Crippen LogP contribution in [0.2, 0.25) is 0 Å². The van der Waals surface area contributed by atoms with E-state index in [1.165, 1.54) is 67.6 Å². The number of hydrogen-bond acceptors (Lipinski definition) is 4. The van der Waals surface area contributed by atoms with Gasteiger partial charge in [-0.25, -0.2) is 17.2 Å². The summed E-state index contributed by atoms with van der Waals surface area (Å²) < 4.78 is 57.3. The number of para-hydroxylation sites is 1. The molecule has 0 bridgehead atoms. The van der Waals surface area contributed by atoms with Crippen LogP contribution in [0.25, 0.3) is 0 Å². The van der Waals surface area contributed by atoms with E-state index in [0.29, 0.717) is 4.31 Å². The Labute approximate surface area is 222 Å². The third-order valence-electron chi connectivity index (χ3n) is 5.70. The maximum atomic E-state index is 14.9. The molecule has 0 saturated heterocycles. The summed E-state index contributed by atoms with van der Waals surface area (Å²) in [5, 5.41) is 2.79. The smallest absolute Gasteiger partial charge is 0.264 e. The number of carbonyl (C=O) groups excluding carboxylic acids is 2. The van der Waals surface area contributed by atoms with Crippen molar-refractivity contribution in [2.75, 3.05) is 10.8 Å². The van der Waals surface area contributed by atoms with E-state index in [1.807, 2.05) is 0 Å². The fourth-order valence-electron chi connectivity index (χ4n) is 3.75. The summed E-state index contributed by atoms with van der Waals surface area (Å²) in [5.41, 5.74) is -0.810. The summed E-state index contributed by atoms with van der Waals surface area (Å²) in [4.78, 5) is 27.7. The maximum absolute atomic E-state index is 14.9. The van der Waals surface area contributed by atoms with Crippen LogP contribution < -0.4 is 9.62 Å². The number of anilines is 1. The first-order chi connectivity index (χ1) is 17.8. The van der Waals surface area contributed by atoms with Crippen LogP contribution in [-0.2, 0) is 26.2 Å². The average molecular weight is 544 g/mol. The van der Waals surface area contributed by atoms with Crippen LogP contribution in [-0.4, -0.2) is 43.3 Å². The average Bonchev–Trinajstić information content (AvgIpc) is 2.86.